The van der Waals surface area contributed by atoms with Gasteiger partial charge in [0.15, 0.2) is 0 Å². The highest BCUT2D eigenvalue weighted by molar-refractivity contribution is 7.85. The van der Waals surface area contributed by atoms with Crippen molar-refractivity contribution in [3.63, 3.8) is 0 Å². The van der Waals surface area contributed by atoms with Gasteiger partial charge in [0, 0.05) is 22.5 Å². The summed E-state index contributed by atoms with van der Waals surface area (Å²) in [5.41, 5.74) is 3.17. The minimum Gasteiger partial charge on any atom is -0.322 e. The highest BCUT2D eigenvalue weighted by atomic mass is 32.2. The molecule has 3 aromatic carbocycles. The lowest BCUT2D eigenvalue weighted by Crippen LogP contribution is -2.29. The molecular formula is C21H19N3O3S. The van der Waals surface area contributed by atoms with E-state index < -0.39 is 17.1 Å². The van der Waals surface area contributed by atoms with Crippen LogP contribution >= 0.6 is 0 Å². The molecule has 0 saturated heterocycles. The molecule has 6 nitrogen and oxygen atoms in total. The van der Waals surface area contributed by atoms with Crippen LogP contribution < -0.4 is 14.8 Å². The molecule has 0 aliphatic rings. The molecule has 0 bridgehead atoms. The second kappa shape index (κ2) is 8.96. The Balaban J connectivity index is 1.55. The molecule has 2 amide bonds. The molecule has 0 aliphatic carbocycles. The maximum Gasteiger partial charge on any atom is 0.264 e. The maximum absolute atomic E-state index is 12.1. The molecule has 0 spiro atoms. The van der Waals surface area contributed by atoms with E-state index in [0.29, 0.717) is 22.5 Å². The Morgan fingerprint density at radius 2 is 1.29 bits per heavy atom. The summed E-state index contributed by atoms with van der Waals surface area (Å²) in [6.07, 6.45) is 0. The predicted octanol–water partition coefficient (Wildman–Crippen LogP) is 3.67. The van der Waals surface area contributed by atoms with Crippen LogP contribution in [0, 0.1) is 6.92 Å². The molecule has 1 atom stereocenters. The maximum atomic E-state index is 12.1. The number of carbonyl (C=O) groups is 2. The van der Waals surface area contributed by atoms with Crippen LogP contribution in [0.2, 0.25) is 0 Å². The Kier molecular flexibility index (Phi) is 6.18. The number of nitrogens with one attached hydrogen (secondary N) is 3. The fraction of sp³-hybridized carbons (Fsp3) is 0.0476. The van der Waals surface area contributed by atoms with E-state index in [1.165, 1.54) is 0 Å². The first-order valence-electron chi connectivity index (χ1n) is 8.54. The van der Waals surface area contributed by atoms with Crippen LogP contribution in [-0.2, 0) is 11.2 Å². The van der Waals surface area contributed by atoms with Gasteiger partial charge in [-0.25, -0.2) is 4.21 Å². The molecule has 0 radical (unpaired) electrons. The Bertz CT molecular complexity index is 988. The van der Waals surface area contributed by atoms with Gasteiger partial charge in [0.2, 0.25) is 11.2 Å². The minimum atomic E-state index is -1.79. The van der Waals surface area contributed by atoms with Gasteiger partial charge >= 0.3 is 0 Å². The summed E-state index contributed by atoms with van der Waals surface area (Å²) in [7, 11) is 0. The number of amides is 2. The first kappa shape index (κ1) is 19.3. The average molecular weight is 393 g/mol. The van der Waals surface area contributed by atoms with Crippen molar-refractivity contribution in [2.24, 2.45) is 0 Å². The van der Waals surface area contributed by atoms with Gasteiger partial charge in [0.1, 0.15) is 0 Å². The van der Waals surface area contributed by atoms with Gasteiger partial charge in [-0.15, -0.1) is 0 Å². The summed E-state index contributed by atoms with van der Waals surface area (Å²) in [5.74, 6) is -0.646. The lowest BCUT2D eigenvalue weighted by Gasteiger charge is -2.09. The number of rotatable bonds is 6. The summed E-state index contributed by atoms with van der Waals surface area (Å²) in [6, 6.07) is 22.5. The van der Waals surface area contributed by atoms with Gasteiger partial charge < -0.3 is 5.32 Å². The van der Waals surface area contributed by atoms with Crippen molar-refractivity contribution in [1.82, 2.24) is 4.72 Å². The van der Waals surface area contributed by atoms with E-state index in [2.05, 4.69) is 14.8 Å². The fourth-order valence-electron chi connectivity index (χ4n) is 2.40. The molecule has 3 aromatic rings. The number of hydrogen-bond donors (Lipinski definition) is 3. The van der Waals surface area contributed by atoms with Gasteiger partial charge in [-0.05, 0) is 55.5 Å². The summed E-state index contributed by atoms with van der Waals surface area (Å²) in [6.45, 7) is 1.92. The molecule has 0 heterocycles. The van der Waals surface area contributed by atoms with Crippen LogP contribution in [-0.4, -0.2) is 16.0 Å². The number of aryl methyl sites for hydroxylation is 1. The number of anilines is 2. The second-order valence-corrected chi connectivity index (χ2v) is 7.01. The smallest absolute Gasteiger partial charge is 0.264 e. The van der Waals surface area contributed by atoms with E-state index in [0.717, 1.165) is 5.56 Å². The molecule has 28 heavy (non-hydrogen) atoms. The zero-order valence-corrected chi connectivity index (χ0v) is 16.0. The first-order chi connectivity index (χ1) is 13.5. The highest BCUT2D eigenvalue weighted by Gasteiger charge is 2.09. The first-order valence-corrected chi connectivity index (χ1v) is 9.69. The Morgan fingerprint density at radius 3 is 1.93 bits per heavy atom. The molecule has 3 rings (SSSR count). The van der Waals surface area contributed by atoms with Gasteiger partial charge in [-0.1, -0.05) is 35.9 Å². The van der Waals surface area contributed by atoms with Gasteiger partial charge in [0.05, 0.1) is 0 Å². The van der Waals surface area contributed by atoms with Crippen LogP contribution in [0.5, 0.6) is 0 Å². The van der Waals surface area contributed by atoms with E-state index in [1.807, 2.05) is 25.1 Å². The normalized spacial score (nSPS) is 11.3. The van der Waals surface area contributed by atoms with Crippen LogP contribution in [0.25, 0.3) is 0 Å². The molecule has 0 aliphatic heterocycles. The summed E-state index contributed by atoms with van der Waals surface area (Å²) >= 11 is -1.79. The van der Waals surface area contributed by atoms with E-state index in [4.69, 9.17) is 0 Å². The summed E-state index contributed by atoms with van der Waals surface area (Å²) < 4.78 is 17.2. The van der Waals surface area contributed by atoms with E-state index >= 15 is 0 Å². The number of hydrogen-bond acceptors (Lipinski definition) is 3. The largest absolute Gasteiger partial charge is 0.322 e. The zero-order chi connectivity index (χ0) is 19.9. The molecular weight excluding hydrogens is 374 g/mol. The minimum absolute atomic E-state index is 0.213. The van der Waals surface area contributed by atoms with E-state index in [-0.39, 0.29) is 5.91 Å². The molecule has 142 valence electrons. The van der Waals surface area contributed by atoms with Crippen LogP contribution in [0.1, 0.15) is 26.3 Å². The topological polar surface area (TPSA) is 87.3 Å². The summed E-state index contributed by atoms with van der Waals surface area (Å²) in [4.78, 5) is 24.2. The lowest BCUT2D eigenvalue weighted by molar-refractivity contribution is 0.0981. The van der Waals surface area contributed by atoms with Crippen molar-refractivity contribution in [2.45, 2.75) is 6.92 Å². The molecule has 3 N–H and O–H groups in total. The molecule has 0 saturated carbocycles. The molecule has 7 heteroatoms. The van der Waals surface area contributed by atoms with Crippen molar-refractivity contribution >= 4 is 34.4 Å². The third-order valence-corrected chi connectivity index (χ3v) is 4.68. The lowest BCUT2D eigenvalue weighted by atomic mass is 10.1. The van der Waals surface area contributed by atoms with Crippen LogP contribution in [0.3, 0.4) is 0 Å². The Morgan fingerprint density at radius 1 is 0.714 bits per heavy atom. The molecule has 0 fully saturated rings. The predicted molar refractivity (Wildman–Crippen MR) is 111 cm³/mol. The third-order valence-electron chi connectivity index (χ3n) is 3.89. The monoisotopic (exact) mass is 393 g/mol. The quantitative estimate of drug-likeness (QED) is 0.597. The third kappa shape index (κ3) is 5.28. The Labute approximate surface area is 165 Å². The van der Waals surface area contributed by atoms with Gasteiger partial charge in [-0.2, -0.15) is 0 Å². The van der Waals surface area contributed by atoms with Gasteiger partial charge in [-0.3, -0.25) is 19.0 Å². The standard InChI is InChI=1S/C21H19N3O3S/c1-15-7-9-17(10-8-15)21(26)24-28(27)23-19-13-11-18(12-14-19)22-20(25)16-5-3-2-4-6-16/h2-14,23H,1H3,(H,22,25)(H,24,26)/t28-/m1/s1. The van der Waals surface area contributed by atoms with Crippen molar-refractivity contribution in [3.05, 3.63) is 95.6 Å². The highest BCUT2D eigenvalue weighted by Crippen LogP contribution is 2.15. The molecule has 0 aromatic heterocycles. The number of carbonyl (C=O) groups excluding carboxylic acids is 2. The van der Waals surface area contributed by atoms with Crippen molar-refractivity contribution in [1.29, 1.82) is 0 Å². The fourth-order valence-corrected chi connectivity index (χ4v) is 3.08. The van der Waals surface area contributed by atoms with Crippen molar-refractivity contribution in [3.8, 4) is 0 Å². The summed E-state index contributed by atoms with van der Waals surface area (Å²) in [5, 5.41) is 2.78. The van der Waals surface area contributed by atoms with Crippen molar-refractivity contribution in [2.75, 3.05) is 10.0 Å². The van der Waals surface area contributed by atoms with E-state index in [9.17, 15) is 13.8 Å². The second-order valence-electron chi connectivity index (χ2n) is 6.07. The SMILES string of the molecule is Cc1ccc(C(=O)N[S@](=O)Nc2ccc(NC(=O)c3ccccc3)cc2)cc1. The van der Waals surface area contributed by atoms with Gasteiger partial charge in [0.25, 0.3) is 11.8 Å². The van der Waals surface area contributed by atoms with Crippen LogP contribution in [0.15, 0.2) is 78.9 Å². The Hall–Kier alpha value is -3.45. The van der Waals surface area contributed by atoms with Crippen LogP contribution in [0.4, 0.5) is 11.4 Å². The number of benzene rings is 3. The zero-order valence-electron chi connectivity index (χ0n) is 15.1. The molecule has 0 unspecified atom stereocenters. The van der Waals surface area contributed by atoms with E-state index in [1.54, 1.807) is 60.7 Å². The van der Waals surface area contributed by atoms with Crippen molar-refractivity contribution < 1.29 is 13.8 Å². The average Bonchev–Trinajstić information content (AvgIpc) is 2.70.